The fraction of sp³-hybridized carbons (Fsp3) is 0.727. The van der Waals surface area contributed by atoms with Crippen molar-refractivity contribution in [3.63, 3.8) is 0 Å². The van der Waals surface area contributed by atoms with Gasteiger partial charge in [0.15, 0.2) is 0 Å². The maximum Gasteiger partial charge on any atom is 0.273 e. The third kappa shape index (κ3) is 4.30. The van der Waals surface area contributed by atoms with E-state index >= 15 is 0 Å². The van der Waals surface area contributed by atoms with Gasteiger partial charge in [-0.25, -0.2) is 0 Å². The van der Waals surface area contributed by atoms with Crippen LogP contribution >= 0.6 is 0 Å². The first-order valence-electron chi connectivity index (χ1n) is 5.83. The maximum atomic E-state index is 11.4. The molecule has 0 aliphatic carbocycles. The van der Waals surface area contributed by atoms with Crippen molar-refractivity contribution in [1.82, 2.24) is 4.90 Å². The van der Waals surface area contributed by atoms with Gasteiger partial charge < -0.3 is 10.6 Å². The van der Waals surface area contributed by atoms with E-state index in [-0.39, 0.29) is 17.7 Å². The smallest absolute Gasteiger partial charge is 0.273 e. The number of carbonyl (C=O) groups is 1. The molecule has 0 aromatic carbocycles. The van der Waals surface area contributed by atoms with Crippen molar-refractivity contribution >= 4 is 16.0 Å². The zero-order chi connectivity index (χ0) is 14.5. The summed E-state index contributed by atoms with van der Waals surface area (Å²) >= 11 is 0. The van der Waals surface area contributed by atoms with E-state index in [1.165, 1.54) is 4.90 Å². The van der Waals surface area contributed by atoms with Crippen molar-refractivity contribution in [3.8, 4) is 0 Å². The summed E-state index contributed by atoms with van der Waals surface area (Å²) in [5.74, 6) is -0.650. The van der Waals surface area contributed by atoms with E-state index in [1.54, 1.807) is 21.0 Å². The average Bonchev–Trinajstić information content (AvgIpc) is 2.20. The first kappa shape index (κ1) is 16.9. The molecule has 3 N–H and O–H groups in total. The molecule has 1 amide bonds. The van der Waals surface area contributed by atoms with Crippen LogP contribution in [0.5, 0.6) is 0 Å². The highest BCUT2D eigenvalue weighted by Gasteiger charge is 2.30. The molecule has 0 saturated carbocycles. The van der Waals surface area contributed by atoms with Gasteiger partial charge in [-0.15, -0.1) is 0 Å². The summed E-state index contributed by atoms with van der Waals surface area (Å²) in [4.78, 5) is 13.0. The Morgan fingerprint density at radius 3 is 2.06 bits per heavy atom. The van der Waals surface area contributed by atoms with Crippen LogP contribution in [0.4, 0.5) is 0 Å². The van der Waals surface area contributed by atoms with Crippen LogP contribution in [0.2, 0.25) is 0 Å². The first-order chi connectivity index (χ1) is 8.16. The molecule has 0 radical (unpaired) electrons. The van der Waals surface area contributed by atoms with Gasteiger partial charge in [0.1, 0.15) is 5.25 Å². The Balaban J connectivity index is 5.93. The summed E-state index contributed by atoms with van der Waals surface area (Å²) < 4.78 is 32.0. The van der Waals surface area contributed by atoms with Crippen LogP contribution in [0, 0.1) is 0 Å². The fourth-order valence-corrected chi connectivity index (χ4v) is 2.98. The lowest BCUT2D eigenvalue weighted by Crippen LogP contribution is -2.34. The molecule has 0 aliphatic rings. The Hall–Kier alpha value is -1.08. The molecule has 0 spiro atoms. The van der Waals surface area contributed by atoms with Crippen molar-refractivity contribution in [2.75, 3.05) is 14.1 Å². The van der Waals surface area contributed by atoms with E-state index in [0.29, 0.717) is 12.8 Å². The maximum absolute atomic E-state index is 11.4. The van der Waals surface area contributed by atoms with Crippen molar-refractivity contribution < 1.29 is 17.8 Å². The van der Waals surface area contributed by atoms with Crippen molar-refractivity contribution in [2.24, 2.45) is 5.73 Å². The summed E-state index contributed by atoms with van der Waals surface area (Å²) in [6.07, 6.45) is 1.22. The predicted molar refractivity (Wildman–Crippen MR) is 70.4 cm³/mol. The molecular formula is C11H22N2O4S. The summed E-state index contributed by atoms with van der Waals surface area (Å²) in [7, 11) is -1.01. The number of carbonyl (C=O) groups excluding carboxylic acids is 1. The van der Waals surface area contributed by atoms with Gasteiger partial charge in [-0.05, 0) is 12.8 Å². The summed E-state index contributed by atoms with van der Waals surface area (Å²) in [5.41, 5.74) is 5.83. The molecule has 0 bridgehead atoms. The van der Waals surface area contributed by atoms with E-state index in [1.807, 2.05) is 6.92 Å². The highest BCUT2D eigenvalue weighted by Crippen LogP contribution is 2.23. The number of nitrogens with zero attached hydrogens (tertiary/aromatic N) is 1. The van der Waals surface area contributed by atoms with Crippen LogP contribution in [-0.4, -0.2) is 43.1 Å². The molecule has 0 fully saturated rings. The third-order valence-electron chi connectivity index (χ3n) is 2.62. The van der Waals surface area contributed by atoms with E-state index < -0.39 is 21.3 Å². The van der Waals surface area contributed by atoms with Gasteiger partial charge in [0, 0.05) is 25.4 Å². The molecule has 0 heterocycles. The molecule has 0 rings (SSSR count). The Labute approximate surface area is 109 Å². The van der Waals surface area contributed by atoms with E-state index in [0.717, 1.165) is 0 Å². The summed E-state index contributed by atoms with van der Waals surface area (Å²) in [5, 5.41) is -1.12. The average molecular weight is 278 g/mol. The Bertz CT molecular complexity index is 426. The van der Waals surface area contributed by atoms with Crippen LogP contribution in [-0.2, 0) is 14.9 Å². The minimum atomic E-state index is -4.26. The fourth-order valence-electron chi connectivity index (χ4n) is 1.92. The van der Waals surface area contributed by atoms with Crippen molar-refractivity contribution in [2.45, 2.75) is 38.4 Å². The highest BCUT2D eigenvalue weighted by atomic mass is 32.2. The van der Waals surface area contributed by atoms with Gasteiger partial charge in [0.05, 0.1) is 0 Å². The van der Waals surface area contributed by atoms with Crippen LogP contribution < -0.4 is 5.73 Å². The largest absolute Gasteiger partial charge is 0.379 e. The van der Waals surface area contributed by atoms with Gasteiger partial charge in [0.2, 0.25) is 5.91 Å². The highest BCUT2D eigenvalue weighted by molar-refractivity contribution is 7.86. The van der Waals surface area contributed by atoms with Crippen LogP contribution in [0.25, 0.3) is 0 Å². The minimum Gasteiger partial charge on any atom is -0.379 e. The van der Waals surface area contributed by atoms with Crippen LogP contribution in [0.15, 0.2) is 11.3 Å². The molecule has 7 heteroatoms. The second kappa shape index (κ2) is 6.75. The molecule has 0 saturated heterocycles. The van der Waals surface area contributed by atoms with Crippen LogP contribution in [0.1, 0.15) is 33.1 Å². The van der Waals surface area contributed by atoms with Crippen molar-refractivity contribution in [1.29, 1.82) is 0 Å². The lowest BCUT2D eigenvalue weighted by Gasteiger charge is -2.26. The Morgan fingerprint density at radius 2 is 1.83 bits per heavy atom. The number of hydrogen-bond donors (Lipinski definition) is 2. The molecule has 0 aromatic rings. The topological polar surface area (TPSA) is 101 Å². The molecule has 6 nitrogen and oxygen atoms in total. The third-order valence-corrected chi connectivity index (χ3v) is 3.90. The summed E-state index contributed by atoms with van der Waals surface area (Å²) in [6.45, 7) is 3.50. The molecular weight excluding hydrogens is 256 g/mol. The van der Waals surface area contributed by atoms with E-state index in [4.69, 9.17) is 5.73 Å². The number of amides is 1. The lowest BCUT2D eigenvalue weighted by atomic mass is 10.0. The number of primary amides is 1. The second-order valence-corrected chi connectivity index (χ2v) is 5.88. The quantitative estimate of drug-likeness (QED) is 0.529. The zero-order valence-corrected chi connectivity index (χ0v) is 12.1. The van der Waals surface area contributed by atoms with E-state index in [9.17, 15) is 17.8 Å². The zero-order valence-electron chi connectivity index (χ0n) is 11.3. The van der Waals surface area contributed by atoms with Gasteiger partial charge in [0.25, 0.3) is 10.1 Å². The van der Waals surface area contributed by atoms with Crippen molar-refractivity contribution in [3.05, 3.63) is 11.3 Å². The Morgan fingerprint density at radius 1 is 1.33 bits per heavy atom. The molecule has 1 atom stereocenters. The van der Waals surface area contributed by atoms with Gasteiger partial charge in [-0.1, -0.05) is 20.3 Å². The molecule has 1 unspecified atom stereocenters. The van der Waals surface area contributed by atoms with Gasteiger partial charge >= 0.3 is 0 Å². The van der Waals surface area contributed by atoms with Gasteiger partial charge in [-0.3, -0.25) is 9.35 Å². The number of hydrogen-bond acceptors (Lipinski definition) is 4. The number of nitrogens with two attached hydrogens (primary N) is 1. The summed E-state index contributed by atoms with van der Waals surface area (Å²) in [6, 6.07) is 0. The molecule has 18 heavy (non-hydrogen) atoms. The Kier molecular flexibility index (Phi) is 6.34. The lowest BCUT2D eigenvalue weighted by molar-refractivity contribution is -0.114. The normalized spacial score (nSPS) is 14.9. The molecule has 0 aromatic heterocycles. The first-order valence-corrected chi connectivity index (χ1v) is 7.33. The standard InChI is InChI=1S/C11H22N2O4S/c1-5-7-8(11(12)14)10(13(3)4)9(6-2)18(15,16)17/h9H,5-7H2,1-4H3,(H2,12,14)(H,15,16,17). The number of rotatable bonds is 7. The minimum absolute atomic E-state index is 0.173. The van der Waals surface area contributed by atoms with E-state index in [2.05, 4.69) is 0 Å². The monoisotopic (exact) mass is 278 g/mol. The SMILES string of the molecule is CCCC(C(N)=O)=C(C(CC)S(=O)(=O)O)N(C)C. The predicted octanol–water partition coefficient (Wildman–Crippen LogP) is 0.754. The second-order valence-electron chi connectivity index (χ2n) is 4.28. The molecule has 0 aliphatic heterocycles. The van der Waals surface area contributed by atoms with Gasteiger partial charge in [-0.2, -0.15) is 8.42 Å². The van der Waals surface area contributed by atoms with Crippen LogP contribution in [0.3, 0.4) is 0 Å². The molecule has 106 valence electrons.